The van der Waals surface area contributed by atoms with Crippen LogP contribution in [0.25, 0.3) is 0 Å². The fourth-order valence-electron chi connectivity index (χ4n) is 2.98. The fraction of sp³-hybridized carbons (Fsp3) is 0.412. The van der Waals surface area contributed by atoms with Gasteiger partial charge in [0.1, 0.15) is 18.4 Å². The molecule has 1 atom stereocenters. The Morgan fingerprint density at radius 3 is 2.65 bits per heavy atom. The molecule has 0 spiro atoms. The van der Waals surface area contributed by atoms with E-state index >= 15 is 0 Å². The second-order valence-electron chi connectivity index (χ2n) is 5.81. The average molecular weight is 362 g/mol. The first-order valence-electron chi connectivity index (χ1n) is 8.20. The van der Waals surface area contributed by atoms with Gasteiger partial charge in [0.2, 0.25) is 11.8 Å². The molecule has 1 fully saturated rings. The maximum absolute atomic E-state index is 12.8. The fourth-order valence-corrected chi connectivity index (χ4v) is 2.98. The first-order valence-corrected chi connectivity index (χ1v) is 8.20. The van der Waals surface area contributed by atoms with Gasteiger partial charge < -0.3 is 14.6 Å². The number of nitrogens with zero attached hydrogens (tertiary/aromatic N) is 1. The SMILES string of the molecule is O=C1CCC(N2C(=O)c3cccc(OCCOCCO)c3C2=O)C(=O)N1. The maximum atomic E-state index is 12.8. The van der Waals surface area contributed by atoms with Gasteiger partial charge in [-0.15, -0.1) is 0 Å². The highest BCUT2D eigenvalue weighted by Crippen LogP contribution is 2.33. The van der Waals surface area contributed by atoms with Crippen molar-refractivity contribution in [2.75, 3.05) is 26.4 Å². The van der Waals surface area contributed by atoms with E-state index in [2.05, 4.69) is 5.32 Å². The molecule has 0 aromatic heterocycles. The summed E-state index contributed by atoms with van der Waals surface area (Å²) in [6, 6.07) is 3.63. The van der Waals surface area contributed by atoms with E-state index in [1.54, 1.807) is 12.1 Å². The minimum Gasteiger partial charge on any atom is -0.490 e. The highest BCUT2D eigenvalue weighted by molar-refractivity contribution is 6.24. The van der Waals surface area contributed by atoms with Crippen molar-refractivity contribution < 1.29 is 33.8 Å². The Balaban J connectivity index is 1.78. The molecule has 0 saturated carbocycles. The molecule has 3 rings (SSSR count). The molecule has 2 aliphatic rings. The predicted molar refractivity (Wildman–Crippen MR) is 86.5 cm³/mol. The normalized spacial score (nSPS) is 19.6. The second kappa shape index (κ2) is 7.63. The van der Waals surface area contributed by atoms with E-state index in [9.17, 15) is 19.2 Å². The number of ether oxygens (including phenoxy) is 2. The third-order valence-corrected chi connectivity index (χ3v) is 4.15. The van der Waals surface area contributed by atoms with E-state index in [1.165, 1.54) is 6.07 Å². The van der Waals surface area contributed by atoms with Crippen LogP contribution in [0.1, 0.15) is 33.6 Å². The monoisotopic (exact) mass is 362 g/mol. The maximum Gasteiger partial charge on any atom is 0.266 e. The topological polar surface area (TPSA) is 122 Å². The lowest BCUT2D eigenvalue weighted by Gasteiger charge is -2.27. The van der Waals surface area contributed by atoms with Crippen LogP contribution in [0.3, 0.4) is 0 Å². The van der Waals surface area contributed by atoms with Crippen LogP contribution >= 0.6 is 0 Å². The van der Waals surface area contributed by atoms with Gasteiger partial charge >= 0.3 is 0 Å². The van der Waals surface area contributed by atoms with Crippen LogP contribution in [0.5, 0.6) is 5.75 Å². The Hall–Kier alpha value is -2.78. The molecule has 9 nitrogen and oxygen atoms in total. The Kier molecular flexibility index (Phi) is 5.29. The molecule has 1 saturated heterocycles. The number of carbonyl (C=O) groups is 4. The lowest BCUT2D eigenvalue weighted by molar-refractivity contribution is -0.136. The van der Waals surface area contributed by atoms with Crippen LogP contribution in [0, 0.1) is 0 Å². The Morgan fingerprint density at radius 2 is 1.92 bits per heavy atom. The molecule has 9 heteroatoms. The molecule has 2 N–H and O–H groups in total. The summed E-state index contributed by atoms with van der Waals surface area (Å²) in [6.07, 6.45) is 0.163. The van der Waals surface area contributed by atoms with Gasteiger partial charge in [-0.25, -0.2) is 0 Å². The van der Waals surface area contributed by atoms with Gasteiger partial charge in [-0.05, 0) is 18.6 Å². The first-order chi connectivity index (χ1) is 12.5. The number of piperidine rings is 1. The number of benzene rings is 1. The zero-order chi connectivity index (χ0) is 18.7. The van der Waals surface area contributed by atoms with Crippen LogP contribution in [-0.4, -0.2) is 66.1 Å². The quantitative estimate of drug-likeness (QED) is 0.494. The third kappa shape index (κ3) is 3.31. The van der Waals surface area contributed by atoms with Crippen molar-refractivity contribution in [1.82, 2.24) is 10.2 Å². The summed E-state index contributed by atoms with van der Waals surface area (Å²) in [5.74, 6) is -2.05. The average Bonchev–Trinajstić information content (AvgIpc) is 2.87. The summed E-state index contributed by atoms with van der Waals surface area (Å²) in [6.45, 7) is 0.422. The van der Waals surface area contributed by atoms with Crippen molar-refractivity contribution >= 4 is 23.6 Å². The van der Waals surface area contributed by atoms with Gasteiger partial charge in [-0.2, -0.15) is 0 Å². The smallest absolute Gasteiger partial charge is 0.266 e. The van der Waals surface area contributed by atoms with Crippen molar-refractivity contribution in [2.45, 2.75) is 18.9 Å². The van der Waals surface area contributed by atoms with Crippen LogP contribution < -0.4 is 10.1 Å². The summed E-state index contributed by atoms with van der Waals surface area (Å²) in [4.78, 5) is 49.6. The molecular formula is C17H18N2O7. The molecule has 2 heterocycles. The van der Waals surface area contributed by atoms with Gasteiger partial charge in [0.25, 0.3) is 11.8 Å². The van der Waals surface area contributed by atoms with E-state index < -0.39 is 29.7 Å². The number of hydrogen-bond acceptors (Lipinski definition) is 7. The third-order valence-electron chi connectivity index (χ3n) is 4.15. The number of rotatable bonds is 7. The summed E-state index contributed by atoms with van der Waals surface area (Å²) < 4.78 is 10.6. The van der Waals surface area contributed by atoms with Crippen LogP contribution in [0.2, 0.25) is 0 Å². The Labute approximate surface area is 148 Å². The van der Waals surface area contributed by atoms with Crippen LogP contribution in [0.4, 0.5) is 0 Å². The lowest BCUT2D eigenvalue weighted by atomic mass is 10.0. The predicted octanol–water partition coefficient (Wildman–Crippen LogP) is -0.524. The Morgan fingerprint density at radius 1 is 1.12 bits per heavy atom. The molecule has 0 aliphatic carbocycles. The highest BCUT2D eigenvalue weighted by atomic mass is 16.5. The molecule has 0 bridgehead atoms. The molecule has 2 aliphatic heterocycles. The van der Waals surface area contributed by atoms with E-state index in [1.807, 2.05) is 0 Å². The lowest BCUT2D eigenvalue weighted by Crippen LogP contribution is -2.54. The van der Waals surface area contributed by atoms with Gasteiger partial charge in [-0.1, -0.05) is 6.07 Å². The number of amides is 4. The molecular weight excluding hydrogens is 344 g/mol. The van der Waals surface area contributed by atoms with Crippen molar-refractivity contribution in [3.63, 3.8) is 0 Å². The molecule has 26 heavy (non-hydrogen) atoms. The number of aliphatic hydroxyl groups excluding tert-OH is 1. The van der Waals surface area contributed by atoms with Gasteiger partial charge in [0, 0.05) is 6.42 Å². The van der Waals surface area contributed by atoms with E-state index in [0.29, 0.717) is 0 Å². The number of carbonyl (C=O) groups excluding carboxylic acids is 4. The minimum atomic E-state index is -1.01. The summed E-state index contributed by atoms with van der Waals surface area (Å²) >= 11 is 0. The summed E-state index contributed by atoms with van der Waals surface area (Å²) in [7, 11) is 0. The zero-order valence-electron chi connectivity index (χ0n) is 13.9. The van der Waals surface area contributed by atoms with Gasteiger partial charge in [0.05, 0.1) is 30.9 Å². The van der Waals surface area contributed by atoms with Gasteiger partial charge in [-0.3, -0.25) is 29.4 Å². The molecule has 1 unspecified atom stereocenters. The number of fused-ring (bicyclic) bond motifs is 1. The highest BCUT2D eigenvalue weighted by Gasteiger charge is 2.45. The minimum absolute atomic E-state index is 0.0648. The van der Waals surface area contributed by atoms with Gasteiger partial charge in [0.15, 0.2) is 0 Å². The summed E-state index contributed by atoms with van der Waals surface area (Å²) in [5, 5.41) is 10.8. The zero-order valence-corrected chi connectivity index (χ0v) is 13.9. The van der Waals surface area contributed by atoms with Crippen LogP contribution in [0.15, 0.2) is 18.2 Å². The molecule has 1 aromatic rings. The van der Waals surface area contributed by atoms with Crippen molar-refractivity contribution in [2.24, 2.45) is 0 Å². The summed E-state index contributed by atoms with van der Waals surface area (Å²) in [5.41, 5.74) is 0.262. The Bertz CT molecular complexity index is 761. The van der Waals surface area contributed by atoms with Crippen molar-refractivity contribution in [1.29, 1.82) is 0 Å². The van der Waals surface area contributed by atoms with Crippen molar-refractivity contribution in [3.05, 3.63) is 29.3 Å². The number of nitrogens with one attached hydrogen (secondary N) is 1. The molecule has 138 valence electrons. The standard InChI is InChI=1S/C17H18N2O7/c20-6-7-25-8-9-26-12-3-1-2-10-14(12)17(24)19(16(10)23)11-4-5-13(21)18-15(11)22/h1-3,11,20H,4-9H2,(H,18,21,22). The first kappa shape index (κ1) is 18.0. The largest absolute Gasteiger partial charge is 0.490 e. The van der Waals surface area contributed by atoms with E-state index in [0.717, 1.165) is 4.90 Å². The number of aliphatic hydroxyl groups is 1. The number of imide groups is 2. The van der Waals surface area contributed by atoms with E-state index in [-0.39, 0.29) is 56.1 Å². The molecule has 4 amide bonds. The van der Waals surface area contributed by atoms with Crippen molar-refractivity contribution in [3.8, 4) is 5.75 Å². The van der Waals surface area contributed by atoms with E-state index in [4.69, 9.17) is 14.6 Å². The number of hydrogen-bond donors (Lipinski definition) is 2. The molecule has 0 radical (unpaired) electrons. The second-order valence-corrected chi connectivity index (χ2v) is 5.81. The molecule has 1 aromatic carbocycles. The van der Waals surface area contributed by atoms with Crippen LogP contribution in [-0.2, 0) is 14.3 Å².